The van der Waals surface area contributed by atoms with Crippen LogP contribution >= 0.6 is 0 Å². The molecule has 4 heteroatoms. The average molecular weight is 252 g/mol. The predicted molar refractivity (Wildman–Crippen MR) is 70.5 cm³/mol. The second-order valence-corrected chi connectivity index (χ2v) is 5.39. The van der Waals surface area contributed by atoms with Gasteiger partial charge in [-0.3, -0.25) is 0 Å². The standard InChI is InChI=1S/C14H24N2O2/c1-4-15-8-12-9-17-14(16-12)18-13-6-5-10(2)11(3)7-13/h9-11,13,15H,4-8H2,1-3H3. The van der Waals surface area contributed by atoms with Crippen molar-refractivity contribution in [3.05, 3.63) is 12.0 Å². The third kappa shape index (κ3) is 3.48. The third-order valence-electron chi connectivity index (χ3n) is 3.90. The van der Waals surface area contributed by atoms with Crippen LogP contribution in [0.25, 0.3) is 0 Å². The largest absolute Gasteiger partial charge is 0.447 e. The molecule has 102 valence electrons. The van der Waals surface area contributed by atoms with Gasteiger partial charge in [0.05, 0.1) is 5.69 Å². The minimum atomic E-state index is 0.266. The van der Waals surface area contributed by atoms with Crippen molar-refractivity contribution in [1.29, 1.82) is 0 Å². The fourth-order valence-corrected chi connectivity index (χ4v) is 2.42. The average Bonchev–Trinajstić information content (AvgIpc) is 2.79. The minimum absolute atomic E-state index is 0.266. The van der Waals surface area contributed by atoms with Crippen molar-refractivity contribution in [2.24, 2.45) is 11.8 Å². The summed E-state index contributed by atoms with van der Waals surface area (Å²) in [5.74, 6) is 1.53. The summed E-state index contributed by atoms with van der Waals surface area (Å²) in [7, 11) is 0. The molecule has 1 N–H and O–H groups in total. The molecule has 3 unspecified atom stereocenters. The molecular formula is C14H24N2O2. The molecule has 1 aromatic rings. The quantitative estimate of drug-likeness (QED) is 0.875. The summed E-state index contributed by atoms with van der Waals surface area (Å²) in [5.41, 5.74) is 0.907. The molecule has 0 aromatic carbocycles. The zero-order chi connectivity index (χ0) is 13.0. The van der Waals surface area contributed by atoms with E-state index in [1.54, 1.807) is 6.26 Å². The number of aromatic nitrogens is 1. The van der Waals surface area contributed by atoms with Crippen molar-refractivity contribution < 1.29 is 9.15 Å². The molecule has 1 heterocycles. The maximum absolute atomic E-state index is 5.83. The molecule has 3 atom stereocenters. The maximum Gasteiger partial charge on any atom is 0.394 e. The highest BCUT2D eigenvalue weighted by Gasteiger charge is 2.26. The van der Waals surface area contributed by atoms with Gasteiger partial charge in [0.1, 0.15) is 12.4 Å². The Labute approximate surface area is 109 Å². The molecule has 0 aliphatic heterocycles. The molecule has 0 radical (unpaired) electrons. The first-order valence-corrected chi connectivity index (χ1v) is 7.00. The van der Waals surface area contributed by atoms with E-state index in [0.29, 0.717) is 6.08 Å². The van der Waals surface area contributed by atoms with E-state index in [2.05, 4.69) is 31.1 Å². The highest BCUT2D eigenvalue weighted by Crippen LogP contribution is 2.31. The lowest BCUT2D eigenvalue weighted by Crippen LogP contribution is -2.28. The van der Waals surface area contributed by atoms with Crippen molar-refractivity contribution in [1.82, 2.24) is 10.3 Å². The first-order chi connectivity index (χ1) is 8.69. The van der Waals surface area contributed by atoms with Gasteiger partial charge in [0.15, 0.2) is 0 Å². The predicted octanol–water partition coefficient (Wildman–Crippen LogP) is 2.99. The molecule has 2 rings (SSSR count). The van der Waals surface area contributed by atoms with Gasteiger partial charge in [-0.05, 0) is 37.6 Å². The van der Waals surface area contributed by atoms with Crippen LogP contribution in [0.4, 0.5) is 0 Å². The molecule has 0 amide bonds. The maximum atomic E-state index is 5.83. The Hall–Kier alpha value is -1.03. The van der Waals surface area contributed by atoms with E-state index in [1.165, 1.54) is 6.42 Å². The summed E-state index contributed by atoms with van der Waals surface area (Å²) in [6, 6.07) is 0. The first kappa shape index (κ1) is 13.4. The molecule has 1 saturated carbocycles. The second-order valence-electron chi connectivity index (χ2n) is 5.39. The minimum Gasteiger partial charge on any atom is -0.447 e. The van der Waals surface area contributed by atoms with Crippen molar-refractivity contribution >= 4 is 0 Å². The summed E-state index contributed by atoms with van der Waals surface area (Å²) < 4.78 is 11.2. The molecule has 1 fully saturated rings. The Kier molecular flexibility index (Phi) is 4.64. The molecule has 1 aliphatic rings. The summed E-state index contributed by atoms with van der Waals surface area (Å²) in [6.45, 7) is 8.36. The zero-order valence-electron chi connectivity index (χ0n) is 11.6. The number of nitrogens with zero attached hydrogens (tertiary/aromatic N) is 1. The molecule has 0 spiro atoms. The van der Waals surface area contributed by atoms with Crippen LogP contribution in [0.2, 0.25) is 0 Å². The fourth-order valence-electron chi connectivity index (χ4n) is 2.42. The van der Waals surface area contributed by atoms with E-state index in [9.17, 15) is 0 Å². The Morgan fingerprint density at radius 3 is 2.94 bits per heavy atom. The molecule has 18 heavy (non-hydrogen) atoms. The lowest BCUT2D eigenvalue weighted by atomic mass is 9.80. The molecule has 1 aromatic heterocycles. The lowest BCUT2D eigenvalue weighted by Gasteiger charge is -2.31. The van der Waals surface area contributed by atoms with E-state index in [1.807, 2.05) is 0 Å². The van der Waals surface area contributed by atoms with E-state index in [4.69, 9.17) is 9.15 Å². The van der Waals surface area contributed by atoms with Crippen LogP contribution in [0.15, 0.2) is 10.7 Å². The molecule has 0 saturated heterocycles. The van der Waals surface area contributed by atoms with Crippen LogP contribution in [0.1, 0.15) is 45.7 Å². The third-order valence-corrected chi connectivity index (χ3v) is 3.90. The topological polar surface area (TPSA) is 47.3 Å². The van der Waals surface area contributed by atoms with Crippen LogP contribution in [-0.2, 0) is 6.54 Å². The zero-order valence-corrected chi connectivity index (χ0v) is 11.6. The highest BCUT2D eigenvalue weighted by atomic mass is 16.6. The Bertz CT molecular complexity index is 364. The van der Waals surface area contributed by atoms with E-state index >= 15 is 0 Å². The molecule has 0 bridgehead atoms. The van der Waals surface area contributed by atoms with Gasteiger partial charge >= 0.3 is 6.08 Å². The van der Waals surface area contributed by atoms with E-state index < -0.39 is 0 Å². The van der Waals surface area contributed by atoms with Crippen LogP contribution in [-0.4, -0.2) is 17.6 Å². The van der Waals surface area contributed by atoms with E-state index in [0.717, 1.165) is 43.5 Å². The van der Waals surface area contributed by atoms with Gasteiger partial charge in [0, 0.05) is 6.54 Å². The van der Waals surface area contributed by atoms with Gasteiger partial charge in [-0.25, -0.2) is 0 Å². The van der Waals surface area contributed by atoms with Crippen LogP contribution in [0.5, 0.6) is 6.08 Å². The summed E-state index contributed by atoms with van der Waals surface area (Å²) >= 11 is 0. The SMILES string of the molecule is CCNCc1coc(OC2CCC(C)C(C)C2)n1. The van der Waals surface area contributed by atoms with Crippen molar-refractivity contribution in [2.75, 3.05) is 6.54 Å². The number of nitrogens with one attached hydrogen (secondary N) is 1. The van der Waals surface area contributed by atoms with Gasteiger partial charge in [-0.1, -0.05) is 20.8 Å². The summed E-state index contributed by atoms with van der Waals surface area (Å²) in [6.07, 6.45) is 5.81. The van der Waals surface area contributed by atoms with Crippen LogP contribution in [0, 0.1) is 11.8 Å². The second kappa shape index (κ2) is 6.23. The van der Waals surface area contributed by atoms with Gasteiger partial charge < -0.3 is 14.5 Å². The fraction of sp³-hybridized carbons (Fsp3) is 0.786. The van der Waals surface area contributed by atoms with Crippen molar-refractivity contribution in [3.63, 3.8) is 0 Å². The number of oxazole rings is 1. The van der Waals surface area contributed by atoms with Crippen molar-refractivity contribution in [3.8, 4) is 6.08 Å². The van der Waals surface area contributed by atoms with Gasteiger partial charge in [-0.2, -0.15) is 4.98 Å². The number of hydrogen-bond acceptors (Lipinski definition) is 4. The highest BCUT2D eigenvalue weighted by molar-refractivity contribution is 5.00. The molecule has 4 nitrogen and oxygen atoms in total. The van der Waals surface area contributed by atoms with Gasteiger partial charge in [0.2, 0.25) is 0 Å². The monoisotopic (exact) mass is 252 g/mol. The van der Waals surface area contributed by atoms with Gasteiger partial charge in [0.25, 0.3) is 0 Å². The smallest absolute Gasteiger partial charge is 0.394 e. The first-order valence-electron chi connectivity index (χ1n) is 7.00. The van der Waals surface area contributed by atoms with Gasteiger partial charge in [-0.15, -0.1) is 0 Å². The number of hydrogen-bond donors (Lipinski definition) is 1. The van der Waals surface area contributed by atoms with E-state index in [-0.39, 0.29) is 6.10 Å². The number of rotatable bonds is 5. The van der Waals surface area contributed by atoms with Crippen LogP contribution in [0.3, 0.4) is 0 Å². The Morgan fingerprint density at radius 1 is 1.39 bits per heavy atom. The summed E-state index contributed by atoms with van der Waals surface area (Å²) in [5, 5.41) is 3.22. The Morgan fingerprint density at radius 2 is 2.22 bits per heavy atom. The normalized spacial score (nSPS) is 28.3. The van der Waals surface area contributed by atoms with Crippen LogP contribution < -0.4 is 10.1 Å². The Balaban J connectivity index is 1.84. The summed E-state index contributed by atoms with van der Waals surface area (Å²) in [4.78, 5) is 4.33. The molecule has 1 aliphatic carbocycles. The molecular weight excluding hydrogens is 228 g/mol. The lowest BCUT2D eigenvalue weighted by molar-refractivity contribution is 0.0729. The number of ether oxygens (including phenoxy) is 1. The van der Waals surface area contributed by atoms with Crippen molar-refractivity contribution in [2.45, 2.75) is 52.7 Å².